The third kappa shape index (κ3) is 5.95. The second-order valence-electron chi connectivity index (χ2n) is 10.5. The molecule has 0 spiro atoms. The Morgan fingerprint density at radius 3 is 2.57 bits per heavy atom. The van der Waals surface area contributed by atoms with Crippen LogP contribution in [0.15, 0.2) is 58.1 Å². The SMILES string of the molecule is CN1CCC(NC(=O)c2cc(-c3c(O)cc(OC(=O)c4ncn5c(=O)n(C)nnc45)cc3Oc3ccc([N+](=O)[O-])cc3)on2)CC1. The van der Waals surface area contributed by atoms with Crippen LogP contribution in [-0.2, 0) is 7.05 Å². The van der Waals surface area contributed by atoms with Gasteiger partial charge in [0.25, 0.3) is 11.6 Å². The highest BCUT2D eigenvalue weighted by Gasteiger charge is 2.26. The number of non-ortho nitro benzene ring substituents is 1. The number of nitro groups is 1. The zero-order chi connectivity index (χ0) is 32.5. The van der Waals surface area contributed by atoms with Crippen LogP contribution in [0.4, 0.5) is 5.69 Å². The summed E-state index contributed by atoms with van der Waals surface area (Å²) in [6.07, 6.45) is 2.65. The van der Waals surface area contributed by atoms with Gasteiger partial charge in [0.05, 0.1) is 4.92 Å². The van der Waals surface area contributed by atoms with E-state index in [0.717, 1.165) is 47.4 Å². The summed E-state index contributed by atoms with van der Waals surface area (Å²) < 4.78 is 18.8. The van der Waals surface area contributed by atoms with E-state index in [1.165, 1.54) is 43.4 Å². The Morgan fingerprint density at radius 2 is 1.85 bits per heavy atom. The first-order chi connectivity index (χ1) is 22.1. The number of carbonyl (C=O) groups is 2. The van der Waals surface area contributed by atoms with Gasteiger partial charge in [-0.15, -0.1) is 5.10 Å². The van der Waals surface area contributed by atoms with E-state index in [4.69, 9.17) is 14.0 Å². The van der Waals surface area contributed by atoms with Gasteiger partial charge in [-0.2, -0.15) is 4.68 Å². The van der Waals surface area contributed by atoms with Gasteiger partial charge < -0.3 is 29.3 Å². The van der Waals surface area contributed by atoms with Crippen molar-refractivity contribution in [3.8, 4) is 34.3 Å². The number of hydrogen-bond donors (Lipinski definition) is 2. The fourth-order valence-electron chi connectivity index (χ4n) is 4.82. The lowest BCUT2D eigenvalue weighted by Crippen LogP contribution is -2.43. The Kier molecular flexibility index (Phi) is 7.85. The van der Waals surface area contributed by atoms with E-state index >= 15 is 0 Å². The number of phenols is 1. The lowest BCUT2D eigenvalue weighted by Gasteiger charge is -2.29. The van der Waals surface area contributed by atoms with E-state index in [1.54, 1.807) is 0 Å². The molecule has 4 heterocycles. The average molecular weight is 632 g/mol. The number of esters is 1. The number of likely N-dealkylation sites (tertiary alicyclic amines) is 1. The second-order valence-corrected chi connectivity index (χ2v) is 10.5. The van der Waals surface area contributed by atoms with Gasteiger partial charge in [0.1, 0.15) is 34.9 Å². The molecule has 1 aliphatic heterocycles. The zero-order valence-corrected chi connectivity index (χ0v) is 24.3. The predicted molar refractivity (Wildman–Crippen MR) is 156 cm³/mol. The van der Waals surface area contributed by atoms with Gasteiger partial charge in [-0.05, 0) is 45.1 Å². The second kappa shape index (κ2) is 12.1. The molecule has 1 fully saturated rings. The number of piperidine rings is 1. The number of hydrogen-bond acceptors (Lipinski definition) is 14. The van der Waals surface area contributed by atoms with Crippen molar-refractivity contribution in [2.75, 3.05) is 20.1 Å². The predicted octanol–water partition coefficient (Wildman–Crippen LogP) is 1.93. The Bertz CT molecular complexity index is 2030. The summed E-state index contributed by atoms with van der Waals surface area (Å²) in [5.41, 5.74) is -1.33. The number of nitro benzene ring substituents is 1. The fraction of sp³-hybridized carbons (Fsp3) is 0.250. The quantitative estimate of drug-likeness (QED) is 0.108. The zero-order valence-electron chi connectivity index (χ0n) is 24.3. The number of imidazole rings is 1. The van der Waals surface area contributed by atoms with Crippen molar-refractivity contribution in [1.82, 2.24) is 39.8 Å². The topological polar surface area (TPSA) is 222 Å². The third-order valence-corrected chi connectivity index (χ3v) is 7.28. The molecule has 18 heteroatoms. The number of rotatable bonds is 8. The summed E-state index contributed by atoms with van der Waals surface area (Å²) >= 11 is 0. The molecule has 0 saturated carbocycles. The van der Waals surface area contributed by atoms with E-state index in [-0.39, 0.29) is 57.3 Å². The van der Waals surface area contributed by atoms with Gasteiger partial charge in [0.2, 0.25) is 0 Å². The number of fused-ring (bicyclic) bond motifs is 1. The first kappa shape index (κ1) is 29.9. The highest BCUT2D eigenvalue weighted by molar-refractivity contribution is 5.95. The van der Waals surface area contributed by atoms with Gasteiger partial charge in [0, 0.05) is 43.4 Å². The van der Waals surface area contributed by atoms with Crippen LogP contribution < -0.4 is 20.5 Å². The molecule has 1 aliphatic rings. The largest absolute Gasteiger partial charge is 0.507 e. The van der Waals surface area contributed by atoms with Crippen LogP contribution in [0, 0.1) is 10.1 Å². The minimum absolute atomic E-state index is 0.0336. The number of nitrogens with zero attached hydrogens (tertiary/aromatic N) is 8. The van der Waals surface area contributed by atoms with Crippen molar-refractivity contribution in [1.29, 1.82) is 0 Å². The van der Waals surface area contributed by atoms with Crippen molar-refractivity contribution in [2.24, 2.45) is 7.05 Å². The number of phenolic OH excluding ortho intramolecular Hbond substituents is 1. The third-order valence-electron chi connectivity index (χ3n) is 7.28. The van der Waals surface area contributed by atoms with E-state index in [2.05, 4.69) is 30.7 Å². The molecule has 0 aliphatic carbocycles. The highest BCUT2D eigenvalue weighted by atomic mass is 16.6. The molecular weight excluding hydrogens is 606 g/mol. The summed E-state index contributed by atoms with van der Waals surface area (Å²) in [7, 11) is 3.39. The number of aromatic nitrogens is 6. The summed E-state index contributed by atoms with van der Waals surface area (Å²) in [5.74, 6) is -2.21. The van der Waals surface area contributed by atoms with E-state index in [0.29, 0.717) is 0 Å². The molecule has 0 atom stereocenters. The van der Waals surface area contributed by atoms with Crippen LogP contribution in [0.5, 0.6) is 23.0 Å². The highest BCUT2D eigenvalue weighted by Crippen LogP contribution is 2.43. The van der Waals surface area contributed by atoms with Crippen molar-refractivity contribution in [2.45, 2.75) is 18.9 Å². The maximum absolute atomic E-state index is 13.0. The number of nitrogens with one attached hydrogen (secondary N) is 1. The van der Waals surface area contributed by atoms with Crippen molar-refractivity contribution in [3.05, 3.63) is 80.8 Å². The first-order valence-corrected chi connectivity index (χ1v) is 13.8. The number of ether oxygens (including phenoxy) is 2. The van der Waals surface area contributed by atoms with Gasteiger partial charge in [-0.1, -0.05) is 10.4 Å². The maximum atomic E-state index is 13.0. The molecule has 236 valence electrons. The number of benzene rings is 2. The van der Waals surface area contributed by atoms with Crippen molar-refractivity contribution < 1.29 is 33.6 Å². The summed E-state index contributed by atoms with van der Waals surface area (Å²) in [4.78, 5) is 54.9. The van der Waals surface area contributed by atoms with Gasteiger partial charge >= 0.3 is 11.7 Å². The minimum atomic E-state index is -1.02. The number of aromatic hydroxyl groups is 1. The van der Waals surface area contributed by atoms with Crippen molar-refractivity contribution >= 4 is 23.2 Å². The van der Waals surface area contributed by atoms with E-state index < -0.39 is 28.2 Å². The van der Waals surface area contributed by atoms with E-state index in [1.807, 2.05) is 7.05 Å². The Labute approximate surface area is 257 Å². The molecule has 1 amide bonds. The maximum Gasteiger partial charge on any atom is 0.366 e. The van der Waals surface area contributed by atoms with Crippen LogP contribution in [0.25, 0.3) is 17.0 Å². The standard InChI is InChI=1S/C28H25N9O9/c1-34-9-7-15(8-10-34)30-26(39)19-13-22(46-32-19)23-20(38)11-18(12-21(23)44-17-5-3-16(4-6-17)37(42)43)45-27(40)24-25-31-33-35(2)28(41)36(25)14-29-24/h3-6,11-15,38H,7-10H2,1-2H3,(H,30,39). The molecule has 0 bridgehead atoms. The first-order valence-electron chi connectivity index (χ1n) is 13.8. The number of aryl methyl sites for hydroxylation is 1. The summed E-state index contributed by atoms with van der Waals surface area (Å²) in [6, 6.07) is 8.72. The molecule has 1 saturated heterocycles. The van der Waals surface area contributed by atoms with Crippen LogP contribution >= 0.6 is 0 Å². The van der Waals surface area contributed by atoms with Gasteiger partial charge in [0.15, 0.2) is 22.8 Å². The summed E-state index contributed by atoms with van der Waals surface area (Å²) in [5, 5.41) is 36.5. The van der Waals surface area contributed by atoms with Crippen LogP contribution in [0.3, 0.4) is 0 Å². The minimum Gasteiger partial charge on any atom is -0.507 e. The Morgan fingerprint density at radius 1 is 1.11 bits per heavy atom. The lowest BCUT2D eigenvalue weighted by atomic mass is 10.1. The number of carbonyl (C=O) groups excluding carboxylic acids is 2. The Hall–Kier alpha value is -6.17. The normalized spacial score (nSPS) is 13.9. The number of amides is 1. The fourth-order valence-corrected chi connectivity index (χ4v) is 4.82. The Balaban J connectivity index is 1.32. The lowest BCUT2D eigenvalue weighted by molar-refractivity contribution is -0.384. The van der Waals surface area contributed by atoms with Gasteiger partial charge in [-0.25, -0.2) is 19.0 Å². The monoisotopic (exact) mass is 631 g/mol. The molecular formula is C28H25N9O9. The molecule has 6 rings (SSSR count). The summed E-state index contributed by atoms with van der Waals surface area (Å²) in [6.45, 7) is 1.68. The van der Waals surface area contributed by atoms with Crippen LogP contribution in [0.2, 0.25) is 0 Å². The molecule has 0 unspecified atom stereocenters. The molecule has 5 aromatic rings. The average Bonchev–Trinajstić information content (AvgIpc) is 3.69. The van der Waals surface area contributed by atoms with Gasteiger partial charge in [-0.3, -0.25) is 14.9 Å². The molecule has 0 radical (unpaired) electrons. The van der Waals surface area contributed by atoms with E-state index in [9.17, 15) is 29.6 Å². The molecule has 3 aromatic heterocycles. The smallest absolute Gasteiger partial charge is 0.366 e. The van der Waals surface area contributed by atoms with Crippen LogP contribution in [-0.4, -0.2) is 82.5 Å². The molecule has 2 N–H and O–H groups in total. The molecule has 18 nitrogen and oxygen atoms in total. The van der Waals surface area contributed by atoms with Crippen LogP contribution in [0.1, 0.15) is 33.8 Å². The molecule has 2 aromatic carbocycles. The molecule has 46 heavy (non-hydrogen) atoms. The van der Waals surface area contributed by atoms with Crippen molar-refractivity contribution in [3.63, 3.8) is 0 Å².